The molecule has 0 spiro atoms. The molecular weight excluding hydrogens is 532 g/mol. The zero-order chi connectivity index (χ0) is 28.6. The molecule has 2 heterocycles. The second kappa shape index (κ2) is 14.3. The number of halogens is 1. The summed E-state index contributed by atoms with van der Waals surface area (Å²) in [5, 5.41) is 9.48. The normalized spacial score (nSPS) is 21.0. The monoisotopic (exact) mass is 574 g/mol. The van der Waals surface area contributed by atoms with Crippen LogP contribution in [0, 0.1) is 0 Å². The highest BCUT2D eigenvalue weighted by atomic mass is 35.5. The van der Waals surface area contributed by atoms with Crippen molar-refractivity contribution in [3.05, 3.63) is 82.9 Å². The average molecular weight is 575 g/mol. The molecule has 2 N–H and O–H groups in total. The first-order chi connectivity index (χ1) is 20.0. The van der Waals surface area contributed by atoms with Crippen LogP contribution < -0.4 is 10.6 Å². The van der Waals surface area contributed by atoms with E-state index in [1.54, 1.807) is 0 Å². The van der Waals surface area contributed by atoms with Gasteiger partial charge in [0.05, 0.1) is 6.04 Å². The molecule has 1 unspecified atom stereocenters. The van der Waals surface area contributed by atoms with E-state index in [0.29, 0.717) is 29.6 Å². The van der Waals surface area contributed by atoms with Gasteiger partial charge >= 0.3 is 0 Å². The van der Waals surface area contributed by atoms with E-state index in [2.05, 4.69) is 51.6 Å². The van der Waals surface area contributed by atoms with Crippen LogP contribution >= 0.6 is 11.6 Å². The van der Waals surface area contributed by atoms with E-state index >= 15 is 0 Å². The smallest absolute Gasteiger partial charge is 0.251 e. The number of hydrogen-bond acceptors (Lipinski definition) is 4. The number of likely N-dealkylation sites (tertiary alicyclic amines) is 1. The summed E-state index contributed by atoms with van der Waals surface area (Å²) in [7, 11) is 0. The Morgan fingerprint density at radius 2 is 1.76 bits per heavy atom. The Bertz CT molecular complexity index is 1310. The second-order valence-corrected chi connectivity index (χ2v) is 12.0. The van der Waals surface area contributed by atoms with Crippen LogP contribution in [0.1, 0.15) is 67.3 Å². The largest absolute Gasteiger partial charge is 0.350 e. The molecule has 3 atom stereocenters. The van der Waals surface area contributed by atoms with Crippen molar-refractivity contribution < 1.29 is 9.59 Å². The highest BCUT2D eigenvalue weighted by Gasteiger charge is 2.32. The molecule has 0 aliphatic carbocycles. The average Bonchev–Trinajstić information content (AvgIpc) is 3.16. The summed E-state index contributed by atoms with van der Waals surface area (Å²) in [6.07, 6.45) is 6.35. The summed E-state index contributed by atoms with van der Waals surface area (Å²) in [4.78, 5) is 31.6. The van der Waals surface area contributed by atoms with Gasteiger partial charge in [-0.25, -0.2) is 0 Å². The Kier molecular flexibility index (Phi) is 10.3. The first-order valence-corrected chi connectivity index (χ1v) is 15.7. The number of nitrogens with one attached hydrogen (secondary N) is 2. The minimum absolute atomic E-state index is 0.0234. The number of hydrogen-bond donors (Lipinski definition) is 2. The fourth-order valence-corrected chi connectivity index (χ4v) is 6.44. The van der Waals surface area contributed by atoms with Gasteiger partial charge in [0.25, 0.3) is 5.91 Å². The first kappa shape index (κ1) is 29.6. The standard InChI is InChI=1S/C34H43ClN4O2/c1-2-25(26-9-5-3-6-10-26)24-39-20-15-31(37-32(34(39)41)16-19-38-17-7-4-8-18-38)23-36-33(40)29-12-11-28-22-30(35)14-13-27(28)21-29/h3,5-6,9-14,21-22,25,31-32,37H,2,4,7-8,15-20,23-24H2,1H3,(H,36,40)/t25?,31-,32-/m0/s1. The zero-order valence-corrected chi connectivity index (χ0v) is 24.9. The van der Waals surface area contributed by atoms with E-state index in [4.69, 9.17) is 11.6 Å². The van der Waals surface area contributed by atoms with Crippen LogP contribution in [0.15, 0.2) is 66.7 Å². The maximum atomic E-state index is 13.9. The fraction of sp³-hybridized carbons (Fsp3) is 0.471. The molecule has 6 nitrogen and oxygen atoms in total. The molecule has 0 aromatic heterocycles. The third kappa shape index (κ3) is 7.88. The maximum absolute atomic E-state index is 13.9. The number of benzene rings is 3. The second-order valence-electron chi connectivity index (χ2n) is 11.6. The summed E-state index contributed by atoms with van der Waals surface area (Å²) >= 11 is 6.12. The molecule has 2 amide bonds. The van der Waals surface area contributed by atoms with Crippen LogP contribution in [0.4, 0.5) is 0 Å². The van der Waals surface area contributed by atoms with Gasteiger partial charge in [-0.3, -0.25) is 9.59 Å². The summed E-state index contributed by atoms with van der Waals surface area (Å²) in [5.74, 6) is 0.399. The molecule has 3 aromatic rings. The van der Waals surface area contributed by atoms with Crippen molar-refractivity contribution in [1.29, 1.82) is 0 Å². The highest BCUT2D eigenvalue weighted by molar-refractivity contribution is 6.31. The molecule has 0 radical (unpaired) electrons. The molecule has 2 aliphatic rings. The van der Waals surface area contributed by atoms with Crippen LogP contribution in [0.2, 0.25) is 5.02 Å². The predicted octanol–water partition coefficient (Wildman–Crippen LogP) is 5.85. The minimum atomic E-state index is -0.250. The summed E-state index contributed by atoms with van der Waals surface area (Å²) < 4.78 is 0. The number of nitrogens with zero attached hydrogens (tertiary/aromatic N) is 2. The number of carbonyl (C=O) groups is 2. The number of rotatable bonds is 10. The Balaban J connectivity index is 1.26. The van der Waals surface area contributed by atoms with Crippen molar-refractivity contribution in [2.24, 2.45) is 0 Å². The molecule has 2 aliphatic heterocycles. The summed E-state index contributed by atoms with van der Waals surface area (Å²) in [6, 6.07) is 21.7. The van der Waals surface area contributed by atoms with Crippen molar-refractivity contribution in [1.82, 2.24) is 20.4 Å². The van der Waals surface area contributed by atoms with Crippen LogP contribution in [0.5, 0.6) is 0 Å². The lowest BCUT2D eigenvalue weighted by atomic mass is 9.95. The van der Waals surface area contributed by atoms with E-state index in [9.17, 15) is 9.59 Å². The lowest BCUT2D eigenvalue weighted by Gasteiger charge is -2.31. The zero-order valence-electron chi connectivity index (χ0n) is 24.2. The Morgan fingerprint density at radius 1 is 1.00 bits per heavy atom. The van der Waals surface area contributed by atoms with Gasteiger partial charge < -0.3 is 20.4 Å². The first-order valence-electron chi connectivity index (χ1n) is 15.3. The van der Waals surface area contributed by atoms with E-state index in [-0.39, 0.29) is 23.9 Å². The molecule has 218 valence electrons. The van der Waals surface area contributed by atoms with Crippen molar-refractivity contribution in [3.63, 3.8) is 0 Å². The molecule has 0 bridgehead atoms. The van der Waals surface area contributed by atoms with E-state index in [1.165, 1.54) is 24.8 Å². The van der Waals surface area contributed by atoms with Gasteiger partial charge in [-0.05, 0) is 85.8 Å². The lowest BCUT2D eigenvalue weighted by Crippen LogP contribution is -2.50. The number of carbonyl (C=O) groups excluding carboxylic acids is 2. The summed E-state index contributed by atoms with van der Waals surface area (Å²) in [6.45, 7) is 7.25. The van der Waals surface area contributed by atoms with Crippen molar-refractivity contribution in [2.75, 3.05) is 39.3 Å². The van der Waals surface area contributed by atoms with Crippen LogP contribution in [-0.2, 0) is 4.79 Å². The highest BCUT2D eigenvalue weighted by Crippen LogP contribution is 2.24. The summed E-state index contributed by atoms with van der Waals surface area (Å²) in [5.41, 5.74) is 1.91. The quantitative estimate of drug-likeness (QED) is 0.319. The minimum Gasteiger partial charge on any atom is -0.350 e. The van der Waals surface area contributed by atoms with E-state index in [1.807, 2.05) is 42.5 Å². The van der Waals surface area contributed by atoms with Gasteiger partial charge in [0, 0.05) is 48.7 Å². The van der Waals surface area contributed by atoms with Gasteiger partial charge in [0.1, 0.15) is 0 Å². The third-order valence-corrected chi connectivity index (χ3v) is 8.99. The maximum Gasteiger partial charge on any atom is 0.251 e. The third-order valence-electron chi connectivity index (χ3n) is 8.75. The van der Waals surface area contributed by atoms with E-state index < -0.39 is 0 Å². The molecule has 2 saturated heterocycles. The number of amides is 2. The van der Waals surface area contributed by atoms with Gasteiger partial charge in [-0.1, -0.05) is 67.4 Å². The number of fused-ring (bicyclic) bond motifs is 1. The van der Waals surface area contributed by atoms with Crippen molar-refractivity contribution in [3.8, 4) is 0 Å². The molecule has 2 fully saturated rings. The Morgan fingerprint density at radius 3 is 2.54 bits per heavy atom. The van der Waals surface area contributed by atoms with Gasteiger partial charge in [0.2, 0.25) is 5.91 Å². The van der Waals surface area contributed by atoms with Crippen LogP contribution in [0.25, 0.3) is 10.8 Å². The molecule has 41 heavy (non-hydrogen) atoms. The van der Waals surface area contributed by atoms with Crippen molar-refractivity contribution in [2.45, 2.75) is 63.5 Å². The SMILES string of the molecule is CCC(CN1CC[C@@H](CNC(=O)c2ccc3cc(Cl)ccc3c2)N[C@@H](CCN2CCCCC2)C1=O)c1ccccc1. The molecule has 5 rings (SSSR count). The van der Waals surface area contributed by atoms with Crippen molar-refractivity contribution >= 4 is 34.2 Å². The molecule has 0 saturated carbocycles. The Hall–Kier alpha value is -2.93. The van der Waals surface area contributed by atoms with Gasteiger partial charge in [-0.15, -0.1) is 0 Å². The van der Waals surface area contributed by atoms with E-state index in [0.717, 1.165) is 56.2 Å². The predicted molar refractivity (Wildman–Crippen MR) is 168 cm³/mol. The van der Waals surface area contributed by atoms with Crippen LogP contribution in [0.3, 0.4) is 0 Å². The Labute approximate surface area is 249 Å². The topological polar surface area (TPSA) is 64.7 Å². The van der Waals surface area contributed by atoms with Crippen LogP contribution in [-0.4, -0.2) is 73.0 Å². The molecule has 7 heteroatoms. The van der Waals surface area contributed by atoms with Gasteiger partial charge in [0.15, 0.2) is 0 Å². The lowest BCUT2D eigenvalue weighted by molar-refractivity contribution is -0.133. The fourth-order valence-electron chi connectivity index (χ4n) is 6.26. The molecular formula is C34H43ClN4O2. The van der Waals surface area contributed by atoms with Gasteiger partial charge in [-0.2, -0.15) is 0 Å². The molecule has 3 aromatic carbocycles. The number of piperidine rings is 1.